The summed E-state index contributed by atoms with van der Waals surface area (Å²) >= 11 is 12.3. The highest BCUT2D eigenvalue weighted by molar-refractivity contribution is 6.36. The molecule has 0 bridgehead atoms. The van der Waals surface area contributed by atoms with Gasteiger partial charge in [0.2, 0.25) is 5.91 Å². The Morgan fingerprint density at radius 2 is 2.15 bits per heavy atom. The quantitative estimate of drug-likeness (QED) is 0.881. The Balaban J connectivity index is 2.20. The highest BCUT2D eigenvalue weighted by atomic mass is 35.5. The van der Waals surface area contributed by atoms with Gasteiger partial charge < -0.3 is 10.6 Å². The molecule has 0 saturated carbocycles. The summed E-state index contributed by atoms with van der Waals surface area (Å²) in [7, 11) is 0. The van der Waals surface area contributed by atoms with Gasteiger partial charge in [0.05, 0.1) is 16.1 Å². The topological polar surface area (TPSA) is 41.1 Å². The summed E-state index contributed by atoms with van der Waals surface area (Å²) in [4.78, 5) is 12.6. The summed E-state index contributed by atoms with van der Waals surface area (Å²) in [5.74, 6) is 0.0335. The Morgan fingerprint density at radius 1 is 1.40 bits per heavy atom. The van der Waals surface area contributed by atoms with Crippen LogP contribution in [0.5, 0.6) is 0 Å². The van der Waals surface area contributed by atoms with Gasteiger partial charge in [0.1, 0.15) is 0 Å². The fourth-order valence-electron chi connectivity index (χ4n) is 2.74. The summed E-state index contributed by atoms with van der Waals surface area (Å²) in [5, 5.41) is 7.37. The molecule has 3 nitrogen and oxygen atoms in total. The molecule has 110 valence electrons. The van der Waals surface area contributed by atoms with E-state index >= 15 is 0 Å². The van der Waals surface area contributed by atoms with Crippen LogP contribution < -0.4 is 10.6 Å². The molecule has 2 N–H and O–H groups in total. The molecule has 1 saturated heterocycles. The summed E-state index contributed by atoms with van der Waals surface area (Å²) < 4.78 is 0. The van der Waals surface area contributed by atoms with Gasteiger partial charge in [-0.25, -0.2) is 0 Å². The van der Waals surface area contributed by atoms with Crippen LogP contribution in [0.15, 0.2) is 12.1 Å². The van der Waals surface area contributed by atoms with Gasteiger partial charge in [-0.1, -0.05) is 36.5 Å². The van der Waals surface area contributed by atoms with Gasteiger partial charge in [0.15, 0.2) is 0 Å². The molecule has 0 radical (unpaired) electrons. The van der Waals surface area contributed by atoms with Gasteiger partial charge in [-0.2, -0.15) is 0 Å². The van der Waals surface area contributed by atoms with Crippen molar-refractivity contribution in [1.82, 2.24) is 5.32 Å². The van der Waals surface area contributed by atoms with Crippen molar-refractivity contribution in [3.05, 3.63) is 27.7 Å². The number of halogens is 2. The molecule has 1 unspecified atom stereocenters. The maximum Gasteiger partial charge on any atom is 0.231 e. The van der Waals surface area contributed by atoms with Gasteiger partial charge in [-0.3, -0.25) is 4.79 Å². The fourth-order valence-corrected chi connectivity index (χ4v) is 3.17. The molecule has 1 aromatic rings. The first-order chi connectivity index (χ1) is 9.48. The Labute approximate surface area is 130 Å². The normalized spacial score (nSPS) is 22.0. The Hall–Kier alpha value is -0.770. The van der Waals surface area contributed by atoms with Crippen molar-refractivity contribution in [1.29, 1.82) is 0 Å². The molecule has 1 amide bonds. The number of anilines is 1. The van der Waals surface area contributed by atoms with E-state index in [4.69, 9.17) is 23.2 Å². The molecule has 1 heterocycles. The zero-order valence-electron chi connectivity index (χ0n) is 11.9. The van der Waals surface area contributed by atoms with E-state index in [1.807, 2.05) is 6.92 Å². The maximum absolute atomic E-state index is 12.6. The second-order valence-electron chi connectivity index (χ2n) is 5.49. The van der Waals surface area contributed by atoms with Crippen molar-refractivity contribution in [3.8, 4) is 0 Å². The largest absolute Gasteiger partial charge is 0.324 e. The summed E-state index contributed by atoms with van der Waals surface area (Å²) in [6, 6.07) is 3.50. The van der Waals surface area contributed by atoms with Crippen molar-refractivity contribution in [2.75, 3.05) is 18.4 Å². The maximum atomic E-state index is 12.6. The molecule has 20 heavy (non-hydrogen) atoms. The minimum atomic E-state index is -0.324. The number of nitrogens with one attached hydrogen (secondary N) is 2. The predicted octanol–water partition coefficient (Wildman–Crippen LogP) is 4.02. The van der Waals surface area contributed by atoms with E-state index in [-0.39, 0.29) is 11.3 Å². The first-order valence-corrected chi connectivity index (χ1v) is 7.72. The van der Waals surface area contributed by atoms with Crippen molar-refractivity contribution < 1.29 is 4.79 Å². The first-order valence-electron chi connectivity index (χ1n) is 6.96. The van der Waals surface area contributed by atoms with Crippen LogP contribution in [-0.4, -0.2) is 19.0 Å². The van der Waals surface area contributed by atoms with Crippen LogP contribution in [0.25, 0.3) is 0 Å². The molecule has 1 aliphatic heterocycles. The lowest BCUT2D eigenvalue weighted by Crippen LogP contribution is -2.38. The summed E-state index contributed by atoms with van der Waals surface area (Å²) in [6.07, 6.45) is 2.73. The predicted molar refractivity (Wildman–Crippen MR) is 84.7 cm³/mol. The minimum absolute atomic E-state index is 0.0335. The van der Waals surface area contributed by atoms with Crippen molar-refractivity contribution in [2.45, 2.75) is 33.1 Å². The molecule has 1 aromatic carbocycles. The molecule has 1 fully saturated rings. The summed E-state index contributed by atoms with van der Waals surface area (Å²) in [5.41, 5.74) is 1.17. The van der Waals surface area contributed by atoms with E-state index in [9.17, 15) is 4.79 Å². The smallest absolute Gasteiger partial charge is 0.231 e. The van der Waals surface area contributed by atoms with Crippen LogP contribution in [0.1, 0.15) is 31.7 Å². The van der Waals surface area contributed by atoms with Crippen molar-refractivity contribution in [2.24, 2.45) is 5.41 Å². The van der Waals surface area contributed by atoms with Gasteiger partial charge in [-0.05, 0) is 44.0 Å². The second kappa shape index (κ2) is 6.33. The fraction of sp³-hybridized carbons (Fsp3) is 0.533. The summed E-state index contributed by atoms with van der Waals surface area (Å²) in [6.45, 7) is 5.60. The third-order valence-electron chi connectivity index (χ3n) is 3.95. The number of amides is 1. The highest BCUT2D eigenvalue weighted by Crippen LogP contribution is 2.35. The average molecular weight is 315 g/mol. The lowest BCUT2D eigenvalue weighted by atomic mass is 9.81. The molecule has 2 rings (SSSR count). The van der Waals surface area contributed by atoms with Crippen molar-refractivity contribution in [3.63, 3.8) is 0 Å². The third kappa shape index (κ3) is 3.11. The van der Waals surface area contributed by atoms with Crippen LogP contribution in [0.4, 0.5) is 5.69 Å². The van der Waals surface area contributed by atoms with E-state index in [2.05, 4.69) is 17.6 Å². The number of benzene rings is 1. The minimum Gasteiger partial charge on any atom is -0.324 e. The number of hydrogen-bond donors (Lipinski definition) is 2. The number of aryl methyl sites for hydroxylation is 1. The van der Waals surface area contributed by atoms with Gasteiger partial charge in [-0.15, -0.1) is 0 Å². The van der Waals surface area contributed by atoms with Gasteiger partial charge >= 0.3 is 0 Å². The number of carbonyl (C=O) groups excluding carboxylic acids is 1. The van der Waals surface area contributed by atoms with Crippen LogP contribution in [0.3, 0.4) is 0 Å². The lowest BCUT2D eigenvalue weighted by molar-refractivity contribution is -0.125. The van der Waals surface area contributed by atoms with E-state index in [1.165, 1.54) is 0 Å². The Kier molecular flexibility index (Phi) is 4.95. The van der Waals surface area contributed by atoms with Crippen LogP contribution in [-0.2, 0) is 4.79 Å². The van der Waals surface area contributed by atoms with E-state index in [0.717, 1.165) is 37.9 Å². The molecule has 0 spiro atoms. The lowest BCUT2D eigenvalue weighted by Gasteiger charge is -2.26. The number of rotatable bonds is 4. The SMILES string of the molecule is CCCC1(C(=O)Nc2cc(Cl)c(C)cc2Cl)CCNC1. The highest BCUT2D eigenvalue weighted by Gasteiger charge is 2.40. The number of carbonyl (C=O) groups is 1. The average Bonchev–Trinajstić information content (AvgIpc) is 2.86. The van der Waals surface area contributed by atoms with Gasteiger partial charge in [0.25, 0.3) is 0 Å². The van der Waals surface area contributed by atoms with Crippen LogP contribution in [0.2, 0.25) is 10.0 Å². The van der Waals surface area contributed by atoms with E-state index < -0.39 is 0 Å². The molecule has 0 aromatic heterocycles. The molecular formula is C15H20Cl2N2O. The van der Waals surface area contributed by atoms with Crippen molar-refractivity contribution >= 4 is 34.8 Å². The number of hydrogen-bond acceptors (Lipinski definition) is 2. The Morgan fingerprint density at radius 3 is 2.75 bits per heavy atom. The Bertz CT molecular complexity index is 511. The van der Waals surface area contributed by atoms with E-state index in [0.29, 0.717) is 15.7 Å². The first kappa shape index (κ1) is 15.6. The van der Waals surface area contributed by atoms with E-state index in [1.54, 1.807) is 12.1 Å². The second-order valence-corrected chi connectivity index (χ2v) is 6.31. The molecule has 0 aliphatic carbocycles. The van der Waals surface area contributed by atoms with Crippen LogP contribution >= 0.6 is 23.2 Å². The third-order valence-corrected chi connectivity index (χ3v) is 4.67. The molecule has 5 heteroatoms. The molecular weight excluding hydrogens is 295 g/mol. The molecule has 1 atom stereocenters. The standard InChI is InChI=1S/C15H20Cl2N2O/c1-3-4-15(5-6-18-9-15)14(20)19-13-8-11(16)10(2)7-12(13)17/h7-8,18H,3-6,9H2,1-2H3,(H,19,20). The zero-order chi connectivity index (χ0) is 14.8. The molecule has 1 aliphatic rings. The van der Waals surface area contributed by atoms with Crippen LogP contribution in [0, 0.1) is 12.3 Å². The zero-order valence-corrected chi connectivity index (χ0v) is 13.4. The van der Waals surface area contributed by atoms with Gasteiger partial charge in [0, 0.05) is 11.6 Å². The monoisotopic (exact) mass is 314 g/mol.